The summed E-state index contributed by atoms with van der Waals surface area (Å²) in [6.07, 6.45) is 1.81. The molecule has 0 rings (SSSR count). The van der Waals surface area contributed by atoms with E-state index in [1.165, 1.54) is 0 Å². The van der Waals surface area contributed by atoms with E-state index in [0.29, 0.717) is 25.0 Å². The molecule has 4 heteroatoms. The minimum Gasteiger partial charge on any atom is -0.379 e. The highest BCUT2D eigenvalue weighted by Crippen LogP contribution is 1.88. The third kappa shape index (κ3) is 10.5. The second kappa shape index (κ2) is 11.5. The van der Waals surface area contributed by atoms with Gasteiger partial charge in [0, 0.05) is 25.0 Å². The summed E-state index contributed by atoms with van der Waals surface area (Å²) >= 11 is 10.9. The first-order chi connectivity index (χ1) is 5.91. The van der Waals surface area contributed by atoms with Crippen LogP contribution >= 0.6 is 23.2 Å². The largest absolute Gasteiger partial charge is 0.379 e. The highest BCUT2D eigenvalue weighted by Gasteiger charge is 1.89. The van der Waals surface area contributed by atoms with E-state index in [0.717, 1.165) is 26.1 Å². The van der Waals surface area contributed by atoms with Crippen LogP contribution in [0.15, 0.2) is 0 Å². The second-order valence-corrected chi connectivity index (χ2v) is 3.07. The lowest BCUT2D eigenvalue weighted by atomic mass is 10.5. The summed E-state index contributed by atoms with van der Waals surface area (Å²) in [6, 6.07) is 0. The van der Waals surface area contributed by atoms with E-state index < -0.39 is 0 Å². The molecule has 0 heterocycles. The van der Waals surface area contributed by atoms with Crippen molar-refractivity contribution in [1.82, 2.24) is 0 Å². The fourth-order valence-electron chi connectivity index (χ4n) is 0.635. The number of hydrogen-bond acceptors (Lipinski definition) is 2. The first kappa shape index (κ1) is 12.5. The molecule has 74 valence electrons. The Morgan fingerprint density at radius 1 is 0.667 bits per heavy atom. The maximum Gasteiger partial charge on any atom is 0.0700 e. The number of hydrogen-bond donors (Lipinski definition) is 0. The maximum atomic E-state index is 5.46. The number of halogens is 2. The van der Waals surface area contributed by atoms with Crippen LogP contribution in [-0.4, -0.2) is 38.2 Å². The van der Waals surface area contributed by atoms with Gasteiger partial charge in [-0.2, -0.15) is 0 Å². The summed E-state index contributed by atoms with van der Waals surface area (Å²) in [4.78, 5) is 0. The van der Waals surface area contributed by atoms with Gasteiger partial charge in [-0.05, 0) is 12.8 Å². The van der Waals surface area contributed by atoms with Gasteiger partial charge in [-0.25, -0.2) is 0 Å². The Morgan fingerprint density at radius 2 is 1.08 bits per heavy atom. The fraction of sp³-hybridized carbons (Fsp3) is 1.00. The SMILES string of the molecule is ClCCCOCCOCCCCl. The first-order valence-electron chi connectivity index (χ1n) is 4.19. The van der Waals surface area contributed by atoms with Gasteiger partial charge < -0.3 is 9.47 Å². The molecule has 0 aromatic rings. The number of rotatable bonds is 9. The highest BCUT2D eigenvalue weighted by atomic mass is 35.5. The lowest BCUT2D eigenvalue weighted by Gasteiger charge is -2.03. The molecule has 0 aliphatic carbocycles. The molecule has 2 nitrogen and oxygen atoms in total. The van der Waals surface area contributed by atoms with Crippen LogP contribution in [0.25, 0.3) is 0 Å². The molecule has 0 fully saturated rings. The Balaban J connectivity index is 2.73. The predicted octanol–water partition coefficient (Wildman–Crippen LogP) is 2.28. The number of alkyl halides is 2. The van der Waals surface area contributed by atoms with Crippen molar-refractivity contribution in [3.8, 4) is 0 Å². The van der Waals surface area contributed by atoms with Crippen molar-refractivity contribution in [2.75, 3.05) is 38.2 Å². The Labute approximate surface area is 84.1 Å². The molecule has 12 heavy (non-hydrogen) atoms. The molecule has 0 unspecified atom stereocenters. The molecule has 0 radical (unpaired) electrons. The second-order valence-electron chi connectivity index (χ2n) is 2.31. The quantitative estimate of drug-likeness (QED) is 0.434. The van der Waals surface area contributed by atoms with Gasteiger partial charge in [-0.15, -0.1) is 23.2 Å². The van der Waals surface area contributed by atoms with Gasteiger partial charge in [0.15, 0.2) is 0 Å². The summed E-state index contributed by atoms with van der Waals surface area (Å²) < 4.78 is 10.4. The third-order valence-electron chi connectivity index (χ3n) is 1.22. The van der Waals surface area contributed by atoms with Crippen molar-refractivity contribution in [2.24, 2.45) is 0 Å². The zero-order valence-corrected chi connectivity index (χ0v) is 8.74. The first-order valence-corrected chi connectivity index (χ1v) is 5.26. The van der Waals surface area contributed by atoms with E-state index >= 15 is 0 Å². The lowest BCUT2D eigenvalue weighted by molar-refractivity contribution is 0.0486. The van der Waals surface area contributed by atoms with E-state index in [1.54, 1.807) is 0 Å². The van der Waals surface area contributed by atoms with Crippen molar-refractivity contribution in [3.63, 3.8) is 0 Å². The summed E-state index contributed by atoms with van der Waals surface area (Å²) in [7, 11) is 0. The zero-order valence-electron chi connectivity index (χ0n) is 7.23. The molecule has 0 atom stereocenters. The molecule has 0 bridgehead atoms. The van der Waals surface area contributed by atoms with Crippen LogP contribution in [0.1, 0.15) is 12.8 Å². The average molecular weight is 215 g/mol. The Hall–Kier alpha value is 0.500. The Bertz CT molecular complexity index is 71.5. The molecule has 0 amide bonds. The van der Waals surface area contributed by atoms with Gasteiger partial charge in [-0.3, -0.25) is 0 Å². The summed E-state index contributed by atoms with van der Waals surface area (Å²) in [6.45, 7) is 2.75. The Kier molecular flexibility index (Phi) is 12.0. The van der Waals surface area contributed by atoms with Crippen LogP contribution in [0.2, 0.25) is 0 Å². The van der Waals surface area contributed by atoms with Gasteiger partial charge in [-0.1, -0.05) is 0 Å². The van der Waals surface area contributed by atoms with E-state index in [-0.39, 0.29) is 0 Å². The van der Waals surface area contributed by atoms with Gasteiger partial charge >= 0.3 is 0 Å². The van der Waals surface area contributed by atoms with Crippen molar-refractivity contribution in [1.29, 1.82) is 0 Å². The molecule has 0 saturated carbocycles. The zero-order chi connectivity index (χ0) is 9.07. The molecule has 0 saturated heterocycles. The van der Waals surface area contributed by atoms with Crippen molar-refractivity contribution in [3.05, 3.63) is 0 Å². The fourth-order valence-corrected chi connectivity index (χ4v) is 0.853. The Morgan fingerprint density at radius 3 is 1.42 bits per heavy atom. The topological polar surface area (TPSA) is 18.5 Å². The van der Waals surface area contributed by atoms with Crippen LogP contribution in [0.4, 0.5) is 0 Å². The molecule has 0 aliphatic rings. The van der Waals surface area contributed by atoms with E-state index in [9.17, 15) is 0 Å². The van der Waals surface area contributed by atoms with Crippen LogP contribution < -0.4 is 0 Å². The minimum atomic E-state index is 0.652. The standard InChI is InChI=1S/C8H16Cl2O2/c9-3-1-5-11-7-8-12-6-2-4-10/h1-8H2. The van der Waals surface area contributed by atoms with Crippen LogP contribution in [0.3, 0.4) is 0 Å². The van der Waals surface area contributed by atoms with Crippen LogP contribution in [0.5, 0.6) is 0 Å². The highest BCUT2D eigenvalue weighted by molar-refractivity contribution is 6.18. The molecule has 0 N–H and O–H groups in total. The predicted molar refractivity (Wildman–Crippen MR) is 52.3 cm³/mol. The van der Waals surface area contributed by atoms with E-state index in [4.69, 9.17) is 32.7 Å². The van der Waals surface area contributed by atoms with Crippen molar-refractivity contribution in [2.45, 2.75) is 12.8 Å². The number of ether oxygens (including phenoxy) is 2. The normalized spacial score (nSPS) is 10.5. The van der Waals surface area contributed by atoms with E-state index in [2.05, 4.69) is 0 Å². The van der Waals surface area contributed by atoms with Gasteiger partial charge in [0.05, 0.1) is 13.2 Å². The third-order valence-corrected chi connectivity index (χ3v) is 1.75. The molecule has 0 aromatic carbocycles. The molecular formula is C8H16Cl2O2. The van der Waals surface area contributed by atoms with Crippen LogP contribution in [-0.2, 0) is 9.47 Å². The summed E-state index contributed by atoms with van der Waals surface area (Å²) in [5.74, 6) is 1.32. The van der Waals surface area contributed by atoms with Crippen molar-refractivity contribution >= 4 is 23.2 Å². The molecule has 0 aromatic heterocycles. The summed E-state index contributed by atoms with van der Waals surface area (Å²) in [5, 5.41) is 0. The molecule has 0 spiro atoms. The maximum absolute atomic E-state index is 5.46. The average Bonchev–Trinajstić information content (AvgIpc) is 2.10. The minimum absolute atomic E-state index is 0.652. The monoisotopic (exact) mass is 214 g/mol. The smallest absolute Gasteiger partial charge is 0.0700 e. The molecule has 0 aliphatic heterocycles. The van der Waals surface area contributed by atoms with Crippen LogP contribution in [0, 0.1) is 0 Å². The summed E-state index contributed by atoms with van der Waals surface area (Å²) in [5.41, 5.74) is 0. The van der Waals surface area contributed by atoms with Gasteiger partial charge in [0.25, 0.3) is 0 Å². The lowest BCUT2D eigenvalue weighted by Crippen LogP contribution is -2.06. The van der Waals surface area contributed by atoms with E-state index in [1.807, 2.05) is 0 Å². The van der Waals surface area contributed by atoms with Gasteiger partial charge in [0.1, 0.15) is 0 Å². The molecular weight excluding hydrogens is 199 g/mol. The van der Waals surface area contributed by atoms with Crippen molar-refractivity contribution < 1.29 is 9.47 Å². The van der Waals surface area contributed by atoms with Gasteiger partial charge in [0.2, 0.25) is 0 Å².